The molecule has 1 fully saturated rings. The van der Waals surface area contributed by atoms with E-state index in [1.54, 1.807) is 6.92 Å². The van der Waals surface area contributed by atoms with E-state index in [0.29, 0.717) is 12.2 Å². The number of rotatable bonds is 9. The minimum Gasteiger partial charge on any atom is -0.493 e. The van der Waals surface area contributed by atoms with Crippen LogP contribution in [0.25, 0.3) is 5.82 Å². The second kappa shape index (κ2) is 11.3. The van der Waals surface area contributed by atoms with Gasteiger partial charge in [-0.3, -0.25) is 9.36 Å². The molecule has 2 heterocycles. The van der Waals surface area contributed by atoms with E-state index in [1.165, 1.54) is 23.9 Å². The number of carbonyl (C=O) groups is 1. The van der Waals surface area contributed by atoms with Gasteiger partial charge in [-0.1, -0.05) is 6.92 Å². The van der Waals surface area contributed by atoms with Gasteiger partial charge in [0.2, 0.25) is 0 Å². The molecule has 0 unspecified atom stereocenters. The van der Waals surface area contributed by atoms with E-state index in [9.17, 15) is 36.8 Å². The van der Waals surface area contributed by atoms with Gasteiger partial charge in [-0.05, 0) is 43.7 Å². The summed E-state index contributed by atoms with van der Waals surface area (Å²) in [4.78, 5) is 21.6. The molecule has 0 radical (unpaired) electrons. The quantitative estimate of drug-likeness (QED) is 0.478. The maximum atomic E-state index is 13.0. The normalized spacial score (nSPS) is 20.1. The van der Waals surface area contributed by atoms with Crippen molar-refractivity contribution in [3.63, 3.8) is 0 Å². The van der Waals surface area contributed by atoms with Gasteiger partial charge in [-0.2, -0.15) is 18.4 Å². The van der Waals surface area contributed by atoms with Gasteiger partial charge in [0, 0.05) is 31.8 Å². The van der Waals surface area contributed by atoms with Crippen molar-refractivity contribution in [1.29, 1.82) is 5.26 Å². The highest BCUT2D eigenvalue weighted by Gasteiger charge is 2.37. The number of hydrogen-bond acceptors (Lipinski definition) is 8. The van der Waals surface area contributed by atoms with Crippen molar-refractivity contribution in [3.8, 4) is 17.6 Å². The number of nitrogens with one attached hydrogen (secondary N) is 1. The number of nitrogens with zero attached hydrogens (tertiary/aromatic N) is 4. The van der Waals surface area contributed by atoms with Crippen molar-refractivity contribution in [1.82, 2.24) is 19.9 Å². The Morgan fingerprint density at radius 3 is 2.55 bits per heavy atom. The summed E-state index contributed by atoms with van der Waals surface area (Å²) in [7, 11) is -1.91. The number of nitriles is 1. The molecular formula is C24H30F3N5O5S. The molecule has 38 heavy (non-hydrogen) atoms. The first-order chi connectivity index (χ1) is 17.7. The zero-order chi connectivity index (χ0) is 28.3. The zero-order valence-electron chi connectivity index (χ0n) is 21.3. The molecule has 2 aromatic heterocycles. The first-order valence-corrected chi connectivity index (χ1v) is 14.0. The van der Waals surface area contributed by atoms with Crippen LogP contribution in [0.3, 0.4) is 0 Å². The van der Waals surface area contributed by atoms with Gasteiger partial charge in [0.05, 0.1) is 18.0 Å². The van der Waals surface area contributed by atoms with Crippen molar-refractivity contribution in [2.45, 2.75) is 68.9 Å². The standard InChI is InChI=1S/C24H30F3N5O5S/c1-4-19-31-20(22(33)30-14-23(34)8-6-16(7-9-23)38(3,35)36)17(12-28)32(19)21-18(37-2)11-15(13-29-21)5-10-24(25,26)27/h11,13,16,34H,4-10,14H2,1-3H3,(H,30,33)/t16-,23+. The molecule has 1 saturated carbocycles. The number of aliphatic hydroxyl groups is 1. The van der Waals surface area contributed by atoms with E-state index < -0.39 is 39.2 Å². The first kappa shape index (κ1) is 29.4. The van der Waals surface area contributed by atoms with Gasteiger partial charge < -0.3 is 15.2 Å². The zero-order valence-corrected chi connectivity index (χ0v) is 22.1. The number of pyridine rings is 1. The van der Waals surface area contributed by atoms with Crippen LogP contribution in [0.5, 0.6) is 5.75 Å². The van der Waals surface area contributed by atoms with Crippen LogP contribution < -0.4 is 10.1 Å². The van der Waals surface area contributed by atoms with Crippen molar-refractivity contribution < 1.29 is 36.2 Å². The Bertz CT molecular complexity index is 1330. The molecular weight excluding hydrogens is 527 g/mol. The fraction of sp³-hybridized carbons (Fsp3) is 0.583. The Labute approximate surface area is 218 Å². The monoisotopic (exact) mass is 557 g/mol. The highest BCUT2D eigenvalue weighted by molar-refractivity contribution is 7.91. The number of carbonyl (C=O) groups excluding carboxylic acids is 1. The summed E-state index contributed by atoms with van der Waals surface area (Å²) in [6, 6.07) is 3.34. The van der Waals surface area contributed by atoms with E-state index >= 15 is 0 Å². The molecule has 0 saturated heterocycles. The lowest BCUT2D eigenvalue weighted by Crippen LogP contribution is -2.47. The Morgan fingerprint density at radius 2 is 2.03 bits per heavy atom. The lowest BCUT2D eigenvalue weighted by atomic mass is 9.84. The molecule has 3 rings (SSSR count). The van der Waals surface area contributed by atoms with Crippen LogP contribution in [-0.2, 0) is 22.7 Å². The number of methoxy groups -OCH3 is 1. The average molecular weight is 558 g/mol. The van der Waals surface area contributed by atoms with E-state index in [4.69, 9.17) is 4.74 Å². The van der Waals surface area contributed by atoms with Crippen LogP contribution in [0, 0.1) is 11.3 Å². The molecule has 0 aromatic carbocycles. The molecule has 0 bridgehead atoms. The first-order valence-electron chi connectivity index (χ1n) is 12.0. The molecule has 14 heteroatoms. The molecule has 1 aliphatic rings. The average Bonchev–Trinajstić information content (AvgIpc) is 3.23. The predicted octanol–water partition coefficient (Wildman–Crippen LogP) is 2.65. The van der Waals surface area contributed by atoms with Crippen LogP contribution in [0.4, 0.5) is 13.2 Å². The molecule has 0 spiro atoms. The minimum absolute atomic E-state index is 0.0981. The Kier molecular flexibility index (Phi) is 8.72. The second-order valence-corrected chi connectivity index (χ2v) is 11.8. The van der Waals surface area contributed by atoms with Crippen molar-refractivity contribution in [3.05, 3.63) is 35.0 Å². The fourth-order valence-electron chi connectivity index (χ4n) is 4.47. The highest BCUT2D eigenvalue weighted by atomic mass is 32.2. The van der Waals surface area contributed by atoms with Crippen LogP contribution >= 0.6 is 0 Å². The van der Waals surface area contributed by atoms with Gasteiger partial charge in [-0.15, -0.1) is 0 Å². The maximum absolute atomic E-state index is 13.0. The maximum Gasteiger partial charge on any atom is 0.389 e. The third-order valence-corrected chi connectivity index (χ3v) is 8.33. The summed E-state index contributed by atoms with van der Waals surface area (Å²) in [5.74, 6) is -0.208. The van der Waals surface area contributed by atoms with E-state index in [-0.39, 0.29) is 67.2 Å². The minimum atomic E-state index is -4.33. The third kappa shape index (κ3) is 6.82. The smallest absolute Gasteiger partial charge is 0.389 e. The molecule has 1 amide bonds. The van der Waals surface area contributed by atoms with Gasteiger partial charge >= 0.3 is 6.18 Å². The van der Waals surface area contributed by atoms with Gasteiger partial charge in [0.15, 0.2) is 23.0 Å². The summed E-state index contributed by atoms with van der Waals surface area (Å²) in [5, 5.41) is 22.8. The molecule has 0 atom stereocenters. The summed E-state index contributed by atoms with van der Waals surface area (Å²) >= 11 is 0. The lowest BCUT2D eigenvalue weighted by Gasteiger charge is -2.35. The van der Waals surface area contributed by atoms with Crippen molar-refractivity contribution in [2.75, 3.05) is 19.9 Å². The topological polar surface area (TPSA) is 147 Å². The van der Waals surface area contributed by atoms with Crippen LogP contribution in [0.2, 0.25) is 0 Å². The largest absolute Gasteiger partial charge is 0.493 e. The van der Waals surface area contributed by atoms with Crippen molar-refractivity contribution in [2.24, 2.45) is 0 Å². The molecule has 0 aliphatic heterocycles. The molecule has 2 aromatic rings. The number of halogens is 3. The lowest BCUT2D eigenvalue weighted by molar-refractivity contribution is -0.134. The Hall–Kier alpha value is -3.18. The van der Waals surface area contributed by atoms with Gasteiger partial charge in [0.25, 0.3) is 5.91 Å². The van der Waals surface area contributed by atoms with Gasteiger partial charge in [-0.25, -0.2) is 18.4 Å². The molecule has 2 N–H and O–H groups in total. The van der Waals surface area contributed by atoms with Crippen LogP contribution in [0.1, 0.15) is 66.6 Å². The number of hydrogen-bond donors (Lipinski definition) is 2. The molecule has 1 aliphatic carbocycles. The number of imidazole rings is 1. The second-order valence-electron chi connectivity index (χ2n) is 9.45. The third-order valence-electron chi connectivity index (χ3n) is 6.65. The SMILES string of the molecule is CCc1nc(C(=O)NC[C@]2(O)CC[C@@H](S(C)(=O)=O)CC2)c(C#N)n1-c1ncc(CCC(F)(F)F)cc1OC. The Morgan fingerprint density at radius 1 is 1.37 bits per heavy atom. The number of sulfone groups is 1. The number of amides is 1. The predicted molar refractivity (Wildman–Crippen MR) is 131 cm³/mol. The molecule has 208 valence electrons. The van der Waals surface area contributed by atoms with E-state index in [0.717, 1.165) is 6.26 Å². The summed E-state index contributed by atoms with van der Waals surface area (Å²) in [6.07, 6.45) is -2.04. The van der Waals surface area contributed by atoms with Gasteiger partial charge in [0.1, 0.15) is 21.7 Å². The number of aryl methyl sites for hydroxylation is 2. The van der Waals surface area contributed by atoms with Crippen molar-refractivity contribution >= 4 is 15.7 Å². The Balaban J connectivity index is 1.85. The highest BCUT2D eigenvalue weighted by Crippen LogP contribution is 2.32. The van der Waals surface area contributed by atoms with E-state index in [1.807, 2.05) is 6.07 Å². The summed E-state index contributed by atoms with van der Waals surface area (Å²) in [6.45, 7) is 1.59. The fourth-order valence-corrected chi connectivity index (χ4v) is 5.57. The summed E-state index contributed by atoms with van der Waals surface area (Å²) in [5.41, 5.74) is -1.36. The van der Waals surface area contributed by atoms with E-state index in [2.05, 4.69) is 15.3 Å². The van der Waals surface area contributed by atoms with Crippen LogP contribution in [-0.4, -0.2) is 70.9 Å². The van der Waals surface area contributed by atoms with Crippen LogP contribution in [0.15, 0.2) is 12.3 Å². The number of aromatic nitrogens is 3. The number of alkyl halides is 3. The number of ether oxygens (including phenoxy) is 1. The molecule has 10 nitrogen and oxygen atoms in total. The summed E-state index contributed by atoms with van der Waals surface area (Å²) < 4.78 is 68.1.